The minimum Gasteiger partial charge on any atom is -0.508 e. The minimum atomic E-state index is -0.264. The quantitative estimate of drug-likeness (QED) is 0.311. The first-order chi connectivity index (χ1) is 18.2. The van der Waals surface area contributed by atoms with E-state index in [1.54, 1.807) is 6.07 Å². The van der Waals surface area contributed by atoms with Gasteiger partial charge in [-0.25, -0.2) is 0 Å². The van der Waals surface area contributed by atoms with E-state index in [1.807, 2.05) is 12.3 Å². The smallest absolute Gasteiger partial charge is 0.119 e. The van der Waals surface area contributed by atoms with Gasteiger partial charge in [0.2, 0.25) is 0 Å². The highest BCUT2D eigenvalue weighted by molar-refractivity contribution is 6.01. The Morgan fingerprint density at radius 3 is 2.76 bits per heavy atom. The fraction of sp³-hybridized carbons (Fsp3) is 0.323. The van der Waals surface area contributed by atoms with E-state index < -0.39 is 0 Å². The summed E-state index contributed by atoms with van der Waals surface area (Å²) < 4.78 is 18.8. The van der Waals surface area contributed by atoms with Crippen molar-refractivity contribution in [3.63, 3.8) is 0 Å². The Kier molecular flexibility index (Phi) is 6.66. The monoisotopic (exact) mass is 497 g/mol. The number of ether oxygens (including phenoxy) is 1. The van der Waals surface area contributed by atoms with E-state index in [0.29, 0.717) is 12.2 Å². The van der Waals surface area contributed by atoms with E-state index >= 15 is 0 Å². The first kappa shape index (κ1) is 23.7. The Labute approximate surface area is 216 Å². The van der Waals surface area contributed by atoms with Crippen LogP contribution in [0.25, 0.3) is 22.0 Å². The molecule has 0 radical (unpaired) electrons. The van der Waals surface area contributed by atoms with Gasteiger partial charge >= 0.3 is 0 Å². The number of allylic oxidation sites excluding steroid dienone is 1. The van der Waals surface area contributed by atoms with Crippen LogP contribution in [0.4, 0.5) is 4.39 Å². The second-order valence-electron chi connectivity index (χ2n) is 10.1. The summed E-state index contributed by atoms with van der Waals surface area (Å²) in [5, 5.41) is 18.5. The fourth-order valence-corrected chi connectivity index (χ4v) is 5.80. The molecule has 6 rings (SSSR count). The van der Waals surface area contributed by atoms with Crippen molar-refractivity contribution in [2.45, 2.75) is 38.2 Å². The summed E-state index contributed by atoms with van der Waals surface area (Å²) in [4.78, 5) is 2.28. The van der Waals surface area contributed by atoms with Crippen LogP contribution >= 0.6 is 0 Å². The Morgan fingerprint density at radius 1 is 1.03 bits per heavy atom. The highest BCUT2D eigenvalue weighted by Gasteiger charge is 2.24. The molecule has 37 heavy (non-hydrogen) atoms. The lowest BCUT2D eigenvalue weighted by Gasteiger charge is -2.19. The van der Waals surface area contributed by atoms with Gasteiger partial charge in [-0.05, 0) is 102 Å². The van der Waals surface area contributed by atoms with Crippen LogP contribution in [0.15, 0.2) is 66.9 Å². The molecule has 0 spiro atoms. The van der Waals surface area contributed by atoms with Gasteiger partial charge in [-0.2, -0.15) is 5.10 Å². The Morgan fingerprint density at radius 2 is 1.89 bits per heavy atom. The van der Waals surface area contributed by atoms with Crippen molar-refractivity contribution in [2.24, 2.45) is 0 Å². The molecule has 0 bridgehead atoms. The standard InChI is InChI=1S/C31H32FN3O2/c32-14-2-15-35-16-13-27(20-35)37-26-9-5-21(6-10-26)31-28(23-7-12-30-24(17-23)19-33-34-30)4-1-3-22-18-25(36)8-11-29(22)31/h5-12,17-19,27,36H,1-4,13-16,20H2,(H,33,34). The normalized spacial score (nSPS) is 18.2. The molecule has 1 atom stereocenters. The summed E-state index contributed by atoms with van der Waals surface area (Å²) in [7, 11) is 0. The maximum Gasteiger partial charge on any atom is 0.119 e. The molecule has 0 amide bonds. The van der Waals surface area contributed by atoms with Crippen molar-refractivity contribution in [3.05, 3.63) is 89.1 Å². The lowest BCUT2D eigenvalue weighted by atomic mass is 9.87. The maximum atomic E-state index is 12.5. The molecule has 3 aromatic carbocycles. The minimum absolute atomic E-state index is 0.142. The third kappa shape index (κ3) is 4.98. The van der Waals surface area contributed by atoms with Crippen LogP contribution in [0, 0.1) is 0 Å². The molecule has 4 aromatic rings. The molecule has 0 saturated carbocycles. The Balaban J connectivity index is 1.35. The topological polar surface area (TPSA) is 61.4 Å². The zero-order chi connectivity index (χ0) is 25.2. The molecule has 1 unspecified atom stereocenters. The number of aromatic amines is 1. The van der Waals surface area contributed by atoms with E-state index in [2.05, 4.69) is 63.6 Å². The van der Waals surface area contributed by atoms with E-state index in [4.69, 9.17) is 4.74 Å². The van der Waals surface area contributed by atoms with Gasteiger partial charge in [0.15, 0.2) is 0 Å². The molecule has 1 aliphatic carbocycles. The van der Waals surface area contributed by atoms with Gasteiger partial charge in [-0.1, -0.05) is 24.3 Å². The second-order valence-corrected chi connectivity index (χ2v) is 10.1. The number of aromatic nitrogens is 2. The first-order valence-corrected chi connectivity index (χ1v) is 13.2. The number of halogens is 1. The van der Waals surface area contributed by atoms with Gasteiger partial charge in [0.05, 0.1) is 18.4 Å². The highest BCUT2D eigenvalue weighted by atomic mass is 19.1. The van der Waals surface area contributed by atoms with E-state index in [0.717, 1.165) is 67.5 Å². The lowest BCUT2D eigenvalue weighted by molar-refractivity contribution is 0.198. The molecule has 2 aliphatic rings. The predicted molar refractivity (Wildman–Crippen MR) is 146 cm³/mol. The second kappa shape index (κ2) is 10.4. The van der Waals surface area contributed by atoms with Crippen molar-refractivity contribution in [3.8, 4) is 11.5 Å². The number of hydrogen-bond acceptors (Lipinski definition) is 4. The molecule has 190 valence electrons. The highest BCUT2D eigenvalue weighted by Crippen LogP contribution is 2.41. The average Bonchev–Trinajstić information content (AvgIpc) is 3.53. The molecule has 1 saturated heterocycles. The Bertz CT molecular complexity index is 1430. The number of aryl methyl sites for hydroxylation is 1. The number of phenols is 1. The summed E-state index contributed by atoms with van der Waals surface area (Å²) in [6.45, 7) is 2.35. The van der Waals surface area contributed by atoms with Crippen molar-refractivity contribution >= 4 is 22.0 Å². The van der Waals surface area contributed by atoms with Crippen LogP contribution < -0.4 is 4.74 Å². The van der Waals surface area contributed by atoms with Crippen molar-refractivity contribution in [1.82, 2.24) is 15.1 Å². The number of hydrogen-bond donors (Lipinski definition) is 2. The largest absolute Gasteiger partial charge is 0.508 e. The number of nitrogens with one attached hydrogen (secondary N) is 1. The van der Waals surface area contributed by atoms with Crippen LogP contribution in [0.5, 0.6) is 11.5 Å². The van der Waals surface area contributed by atoms with Crippen molar-refractivity contribution < 1.29 is 14.2 Å². The van der Waals surface area contributed by atoms with Gasteiger partial charge in [0.1, 0.15) is 17.6 Å². The molecular formula is C31H32FN3O2. The third-order valence-electron chi connectivity index (χ3n) is 7.60. The number of aromatic hydroxyl groups is 1. The van der Waals surface area contributed by atoms with Crippen LogP contribution in [0.3, 0.4) is 0 Å². The molecule has 2 N–H and O–H groups in total. The number of nitrogens with zero attached hydrogens (tertiary/aromatic N) is 2. The van der Waals surface area contributed by atoms with Crippen LogP contribution in [-0.2, 0) is 6.42 Å². The average molecular weight is 498 g/mol. The van der Waals surface area contributed by atoms with Gasteiger partial charge < -0.3 is 9.84 Å². The van der Waals surface area contributed by atoms with E-state index in [-0.39, 0.29) is 12.8 Å². The third-order valence-corrected chi connectivity index (χ3v) is 7.60. The van der Waals surface area contributed by atoms with Gasteiger partial charge in [0, 0.05) is 25.0 Å². The molecule has 2 heterocycles. The summed E-state index contributed by atoms with van der Waals surface area (Å²) in [5.74, 6) is 1.17. The SMILES string of the molecule is Oc1ccc2c(c1)CCCC(c1ccc3[nH]ncc3c1)=C2c1ccc(OC2CCN(CCCF)C2)cc1. The van der Waals surface area contributed by atoms with E-state index in [9.17, 15) is 9.50 Å². The van der Waals surface area contributed by atoms with E-state index in [1.165, 1.54) is 27.8 Å². The van der Waals surface area contributed by atoms with Crippen LogP contribution in [0.2, 0.25) is 0 Å². The predicted octanol–water partition coefficient (Wildman–Crippen LogP) is 6.38. The summed E-state index contributed by atoms with van der Waals surface area (Å²) >= 11 is 0. The zero-order valence-electron chi connectivity index (χ0n) is 20.9. The van der Waals surface area contributed by atoms with Gasteiger partial charge in [-0.3, -0.25) is 14.4 Å². The first-order valence-electron chi connectivity index (χ1n) is 13.2. The van der Waals surface area contributed by atoms with Crippen molar-refractivity contribution in [1.29, 1.82) is 0 Å². The van der Waals surface area contributed by atoms with Crippen LogP contribution in [-0.4, -0.2) is 52.6 Å². The number of likely N-dealkylation sites (tertiary alicyclic amines) is 1. The molecule has 6 heteroatoms. The molecular weight excluding hydrogens is 465 g/mol. The maximum absolute atomic E-state index is 12.5. The number of H-pyrrole nitrogens is 1. The summed E-state index contributed by atoms with van der Waals surface area (Å²) in [6.07, 6.45) is 6.46. The lowest BCUT2D eigenvalue weighted by Crippen LogP contribution is -2.26. The number of alkyl halides is 1. The van der Waals surface area contributed by atoms with Crippen molar-refractivity contribution in [2.75, 3.05) is 26.3 Å². The number of rotatable bonds is 7. The summed E-state index contributed by atoms with van der Waals surface area (Å²) in [6, 6.07) is 20.7. The fourth-order valence-electron chi connectivity index (χ4n) is 5.80. The number of fused-ring (bicyclic) bond motifs is 2. The zero-order valence-corrected chi connectivity index (χ0v) is 20.9. The van der Waals surface area contributed by atoms with Crippen LogP contribution in [0.1, 0.15) is 47.9 Å². The molecule has 1 fully saturated rings. The van der Waals surface area contributed by atoms with Gasteiger partial charge in [0.25, 0.3) is 0 Å². The molecule has 1 aliphatic heterocycles. The number of phenolic OH excluding ortho intramolecular Hbond substituents is 1. The number of benzene rings is 3. The van der Waals surface area contributed by atoms with Gasteiger partial charge in [-0.15, -0.1) is 0 Å². The Hall–Kier alpha value is -3.64. The summed E-state index contributed by atoms with van der Waals surface area (Å²) in [5.41, 5.74) is 8.23. The molecule has 5 nitrogen and oxygen atoms in total. The molecule has 1 aromatic heterocycles.